The lowest BCUT2D eigenvalue weighted by atomic mass is 10.3. The molecule has 2 N–H and O–H groups in total. The Balaban J connectivity index is 0.000000138. The molecular formula is C13H15NO2. The number of fused-ring (bicyclic) bond motifs is 1. The Morgan fingerprint density at radius 2 is 2.12 bits per heavy atom. The van der Waals surface area contributed by atoms with E-state index in [2.05, 4.69) is 4.98 Å². The third-order valence-corrected chi connectivity index (χ3v) is 2.34. The summed E-state index contributed by atoms with van der Waals surface area (Å²) >= 11 is 0. The highest BCUT2D eigenvalue weighted by Gasteiger charge is 1.94. The minimum Gasteiger partial charge on any atom is -0.502 e. The molecule has 0 radical (unpaired) electrons. The predicted molar refractivity (Wildman–Crippen MR) is 64.3 cm³/mol. The highest BCUT2D eigenvalue weighted by atomic mass is 16.5. The molecule has 2 heterocycles. The second kappa shape index (κ2) is 5.26. The summed E-state index contributed by atoms with van der Waals surface area (Å²) < 4.78 is 4.89. The van der Waals surface area contributed by atoms with Crippen LogP contribution in [0.25, 0.3) is 10.9 Å². The lowest BCUT2D eigenvalue weighted by Crippen LogP contribution is -1.90. The van der Waals surface area contributed by atoms with Gasteiger partial charge in [-0.25, -0.2) is 0 Å². The van der Waals surface area contributed by atoms with E-state index in [1.54, 1.807) is 12.3 Å². The van der Waals surface area contributed by atoms with Gasteiger partial charge in [0.15, 0.2) is 5.88 Å². The minimum atomic E-state index is 0.223. The van der Waals surface area contributed by atoms with E-state index in [4.69, 9.17) is 9.84 Å². The Bertz CT molecular complexity index is 432. The van der Waals surface area contributed by atoms with Crippen LogP contribution in [0.1, 0.15) is 12.8 Å². The van der Waals surface area contributed by atoms with Gasteiger partial charge in [-0.15, -0.1) is 0 Å². The van der Waals surface area contributed by atoms with Gasteiger partial charge in [0, 0.05) is 17.0 Å². The summed E-state index contributed by atoms with van der Waals surface area (Å²) in [5.41, 5.74) is 0.972. The molecule has 2 aromatic rings. The molecule has 3 rings (SSSR count). The summed E-state index contributed by atoms with van der Waals surface area (Å²) in [6.07, 6.45) is 6.20. The number of aromatic amines is 1. The Morgan fingerprint density at radius 1 is 1.25 bits per heavy atom. The number of para-hydroxylation sites is 1. The van der Waals surface area contributed by atoms with Crippen LogP contribution < -0.4 is 0 Å². The number of nitrogens with one attached hydrogen (secondary N) is 1. The fourth-order valence-corrected chi connectivity index (χ4v) is 1.55. The maximum atomic E-state index is 9.00. The number of hydrogen-bond acceptors (Lipinski definition) is 2. The minimum absolute atomic E-state index is 0.223. The number of hydrogen-bond donors (Lipinski definition) is 2. The average Bonchev–Trinajstić information content (AvgIpc) is 2.72. The van der Waals surface area contributed by atoms with Crippen molar-refractivity contribution >= 4 is 10.9 Å². The molecule has 16 heavy (non-hydrogen) atoms. The molecule has 0 unspecified atom stereocenters. The van der Waals surface area contributed by atoms with Crippen molar-refractivity contribution in [1.82, 2.24) is 4.98 Å². The molecule has 0 saturated carbocycles. The van der Waals surface area contributed by atoms with Gasteiger partial charge in [-0.05, 0) is 25.0 Å². The van der Waals surface area contributed by atoms with E-state index in [-0.39, 0.29) is 5.88 Å². The predicted octanol–water partition coefficient (Wildman–Crippen LogP) is 3.18. The molecule has 3 nitrogen and oxygen atoms in total. The van der Waals surface area contributed by atoms with Gasteiger partial charge in [-0.1, -0.05) is 18.2 Å². The maximum absolute atomic E-state index is 9.00. The van der Waals surface area contributed by atoms with Gasteiger partial charge in [0.1, 0.15) is 0 Å². The van der Waals surface area contributed by atoms with Gasteiger partial charge in [-0.2, -0.15) is 0 Å². The van der Waals surface area contributed by atoms with E-state index in [9.17, 15) is 0 Å². The lowest BCUT2D eigenvalue weighted by Gasteiger charge is -2.01. The molecule has 1 aromatic heterocycles. The quantitative estimate of drug-likeness (QED) is 0.711. The summed E-state index contributed by atoms with van der Waals surface area (Å²) in [5, 5.41) is 10.0. The number of H-pyrrole nitrogens is 1. The molecule has 0 atom stereocenters. The largest absolute Gasteiger partial charge is 0.502 e. The molecule has 84 valence electrons. The number of ether oxygens (including phenoxy) is 1. The van der Waals surface area contributed by atoms with Gasteiger partial charge in [0.05, 0.1) is 12.9 Å². The SMILES string of the molecule is C1=COCCC1.Oc1cc2ccccc2[nH]1. The van der Waals surface area contributed by atoms with Crippen LogP contribution in [-0.2, 0) is 4.74 Å². The first kappa shape index (κ1) is 10.6. The van der Waals surface area contributed by atoms with Gasteiger partial charge in [-0.3, -0.25) is 0 Å². The number of allylic oxidation sites excluding steroid dienone is 1. The van der Waals surface area contributed by atoms with Crippen molar-refractivity contribution < 1.29 is 9.84 Å². The van der Waals surface area contributed by atoms with E-state index in [0.29, 0.717) is 0 Å². The molecule has 0 amide bonds. The number of benzene rings is 1. The molecule has 3 heteroatoms. The van der Waals surface area contributed by atoms with E-state index in [0.717, 1.165) is 17.5 Å². The fourth-order valence-electron chi connectivity index (χ4n) is 1.55. The van der Waals surface area contributed by atoms with Crippen LogP contribution in [0.2, 0.25) is 0 Å². The van der Waals surface area contributed by atoms with Gasteiger partial charge >= 0.3 is 0 Å². The van der Waals surface area contributed by atoms with E-state index < -0.39 is 0 Å². The van der Waals surface area contributed by atoms with Crippen LogP contribution in [0.15, 0.2) is 42.7 Å². The zero-order chi connectivity index (χ0) is 11.2. The van der Waals surface area contributed by atoms with Crippen molar-refractivity contribution in [2.75, 3.05) is 6.61 Å². The van der Waals surface area contributed by atoms with Crippen LogP contribution in [0.3, 0.4) is 0 Å². The number of aromatic nitrogens is 1. The molecule has 0 fully saturated rings. The van der Waals surface area contributed by atoms with E-state index >= 15 is 0 Å². The van der Waals surface area contributed by atoms with Crippen molar-refractivity contribution in [3.63, 3.8) is 0 Å². The molecule has 0 aliphatic carbocycles. The summed E-state index contributed by atoms with van der Waals surface area (Å²) in [5.74, 6) is 0.223. The lowest BCUT2D eigenvalue weighted by molar-refractivity contribution is 0.231. The van der Waals surface area contributed by atoms with Crippen LogP contribution in [0.5, 0.6) is 5.88 Å². The van der Waals surface area contributed by atoms with Crippen LogP contribution >= 0.6 is 0 Å². The number of aromatic hydroxyl groups is 1. The Morgan fingerprint density at radius 3 is 2.69 bits per heavy atom. The summed E-state index contributed by atoms with van der Waals surface area (Å²) in [6.45, 7) is 0.913. The van der Waals surface area contributed by atoms with Gasteiger partial charge in [0.2, 0.25) is 0 Å². The molecular weight excluding hydrogens is 202 g/mol. The van der Waals surface area contributed by atoms with Gasteiger partial charge in [0.25, 0.3) is 0 Å². The molecule has 1 aromatic carbocycles. The third-order valence-electron chi connectivity index (χ3n) is 2.34. The second-order valence-electron chi connectivity index (χ2n) is 3.63. The monoisotopic (exact) mass is 217 g/mol. The van der Waals surface area contributed by atoms with Crippen molar-refractivity contribution in [3.05, 3.63) is 42.7 Å². The van der Waals surface area contributed by atoms with Crippen molar-refractivity contribution in [3.8, 4) is 5.88 Å². The first-order valence-corrected chi connectivity index (χ1v) is 5.39. The van der Waals surface area contributed by atoms with Gasteiger partial charge < -0.3 is 14.8 Å². The summed E-state index contributed by atoms with van der Waals surface area (Å²) in [6, 6.07) is 9.45. The topological polar surface area (TPSA) is 45.2 Å². The highest BCUT2D eigenvalue weighted by Crippen LogP contribution is 2.17. The Kier molecular flexibility index (Phi) is 3.49. The third kappa shape index (κ3) is 2.79. The molecule has 0 saturated heterocycles. The van der Waals surface area contributed by atoms with E-state index in [1.165, 1.54) is 12.8 Å². The Labute approximate surface area is 94.4 Å². The van der Waals surface area contributed by atoms with E-state index in [1.807, 2.05) is 30.3 Å². The average molecular weight is 217 g/mol. The van der Waals surface area contributed by atoms with Crippen LogP contribution in [0, 0.1) is 0 Å². The summed E-state index contributed by atoms with van der Waals surface area (Å²) in [4.78, 5) is 2.81. The zero-order valence-corrected chi connectivity index (χ0v) is 9.02. The maximum Gasteiger partial charge on any atom is 0.189 e. The molecule has 1 aliphatic heterocycles. The first-order chi connectivity index (χ1) is 7.86. The van der Waals surface area contributed by atoms with Crippen LogP contribution in [-0.4, -0.2) is 16.7 Å². The summed E-state index contributed by atoms with van der Waals surface area (Å²) in [7, 11) is 0. The molecule has 0 bridgehead atoms. The smallest absolute Gasteiger partial charge is 0.189 e. The standard InChI is InChI=1S/C8H7NO.C5H8O/c10-8-5-6-3-1-2-4-7(6)9-8;1-2-4-6-5-3-1/h1-5,9-10H;2,4H,1,3,5H2. The van der Waals surface area contributed by atoms with Crippen molar-refractivity contribution in [2.24, 2.45) is 0 Å². The Hall–Kier alpha value is -1.90. The molecule has 0 spiro atoms. The highest BCUT2D eigenvalue weighted by molar-refractivity contribution is 5.80. The second-order valence-corrected chi connectivity index (χ2v) is 3.63. The van der Waals surface area contributed by atoms with Crippen molar-refractivity contribution in [1.29, 1.82) is 0 Å². The zero-order valence-electron chi connectivity index (χ0n) is 9.02. The first-order valence-electron chi connectivity index (χ1n) is 5.39. The number of rotatable bonds is 0. The van der Waals surface area contributed by atoms with Crippen molar-refractivity contribution in [2.45, 2.75) is 12.8 Å². The normalized spacial score (nSPS) is 14.0. The molecule has 1 aliphatic rings. The van der Waals surface area contributed by atoms with Crippen LogP contribution in [0.4, 0.5) is 0 Å². The fraction of sp³-hybridized carbons (Fsp3) is 0.231.